The molecule has 1 saturated carbocycles. The molecule has 1 aliphatic rings. The van der Waals surface area contributed by atoms with Gasteiger partial charge >= 0.3 is 0 Å². The predicted octanol–water partition coefficient (Wildman–Crippen LogP) is 4.25. The van der Waals surface area contributed by atoms with E-state index in [1.807, 2.05) is 0 Å². The Hall–Kier alpha value is -0.0800. The first kappa shape index (κ1) is 17.0. The van der Waals surface area contributed by atoms with Crippen LogP contribution < -0.4 is 5.73 Å². The monoisotopic (exact) mass is 269 g/mol. The maximum absolute atomic E-state index is 9.67. The van der Waals surface area contributed by atoms with Crippen molar-refractivity contribution in [2.45, 2.75) is 84.0 Å². The van der Waals surface area contributed by atoms with Crippen molar-refractivity contribution in [3.63, 3.8) is 0 Å². The Labute approximate surface area is 120 Å². The largest absolute Gasteiger partial charge is 0.396 e. The summed E-state index contributed by atoms with van der Waals surface area (Å²) in [5, 5.41) is 9.67. The minimum atomic E-state index is 0.0450. The Balaban J connectivity index is 2.04. The molecule has 2 nitrogen and oxygen atoms in total. The van der Waals surface area contributed by atoms with E-state index in [1.54, 1.807) is 0 Å². The van der Waals surface area contributed by atoms with Crippen LogP contribution in [0.4, 0.5) is 0 Å². The van der Waals surface area contributed by atoms with Gasteiger partial charge in [0, 0.05) is 18.6 Å². The highest BCUT2D eigenvalue weighted by Crippen LogP contribution is 2.42. The third-order valence-corrected chi connectivity index (χ3v) is 4.75. The minimum absolute atomic E-state index is 0.0450. The van der Waals surface area contributed by atoms with Crippen molar-refractivity contribution in [3.05, 3.63) is 0 Å². The van der Waals surface area contributed by atoms with Gasteiger partial charge in [-0.3, -0.25) is 0 Å². The highest BCUT2D eigenvalue weighted by molar-refractivity contribution is 4.87. The van der Waals surface area contributed by atoms with E-state index < -0.39 is 0 Å². The standard InChI is InChI=1S/C17H35NO/c1-2-3-4-5-6-7-8-9-12-17(14-18,15-19)13-16-10-11-16/h16,19H,2-15,18H2,1H3. The van der Waals surface area contributed by atoms with Crippen molar-refractivity contribution in [3.8, 4) is 0 Å². The van der Waals surface area contributed by atoms with E-state index in [9.17, 15) is 5.11 Å². The van der Waals surface area contributed by atoms with E-state index in [-0.39, 0.29) is 12.0 Å². The number of aliphatic hydroxyl groups excluding tert-OH is 1. The van der Waals surface area contributed by atoms with Crippen LogP contribution >= 0.6 is 0 Å². The summed E-state index contributed by atoms with van der Waals surface area (Å²) in [5.74, 6) is 0.866. The maximum atomic E-state index is 9.67. The molecule has 0 heterocycles. The molecular formula is C17H35NO. The molecule has 1 fully saturated rings. The first-order chi connectivity index (χ1) is 9.26. The van der Waals surface area contributed by atoms with Crippen molar-refractivity contribution in [1.82, 2.24) is 0 Å². The lowest BCUT2D eigenvalue weighted by molar-refractivity contribution is 0.103. The van der Waals surface area contributed by atoms with E-state index in [2.05, 4.69) is 6.92 Å². The minimum Gasteiger partial charge on any atom is -0.396 e. The van der Waals surface area contributed by atoms with Gasteiger partial charge in [0.15, 0.2) is 0 Å². The van der Waals surface area contributed by atoms with Gasteiger partial charge in [-0.25, -0.2) is 0 Å². The molecule has 0 aromatic carbocycles. The lowest BCUT2D eigenvalue weighted by Crippen LogP contribution is -2.34. The van der Waals surface area contributed by atoms with Gasteiger partial charge in [0.1, 0.15) is 0 Å². The topological polar surface area (TPSA) is 46.2 Å². The van der Waals surface area contributed by atoms with E-state index in [0.717, 1.165) is 18.8 Å². The normalized spacial score (nSPS) is 18.5. The van der Waals surface area contributed by atoms with Crippen molar-refractivity contribution in [2.24, 2.45) is 17.1 Å². The second-order valence-corrected chi connectivity index (χ2v) is 6.73. The van der Waals surface area contributed by atoms with Crippen LogP contribution in [-0.4, -0.2) is 18.3 Å². The smallest absolute Gasteiger partial charge is 0.0499 e. The molecule has 0 aliphatic heterocycles. The second kappa shape index (κ2) is 9.77. The van der Waals surface area contributed by atoms with Gasteiger partial charge in [0.2, 0.25) is 0 Å². The molecule has 0 aromatic rings. The second-order valence-electron chi connectivity index (χ2n) is 6.73. The Kier molecular flexibility index (Phi) is 8.72. The van der Waals surface area contributed by atoms with Crippen LogP contribution in [0.15, 0.2) is 0 Å². The maximum Gasteiger partial charge on any atom is 0.0499 e. The highest BCUT2D eigenvalue weighted by atomic mass is 16.3. The third-order valence-electron chi connectivity index (χ3n) is 4.75. The molecule has 1 unspecified atom stereocenters. The number of aliphatic hydroxyl groups is 1. The van der Waals surface area contributed by atoms with Gasteiger partial charge in [-0.1, -0.05) is 71.1 Å². The molecule has 1 atom stereocenters. The SMILES string of the molecule is CCCCCCCCCCC(CN)(CO)CC1CC1. The third kappa shape index (κ3) is 7.31. The van der Waals surface area contributed by atoms with Gasteiger partial charge in [0.05, 0.1) is 0 Å². The summed E-state index contributed by atoms with van der Waals surface area (Å²) in [4.78, 5) is 0. The molecular weight excluding hydrogens is 234 g/mol. The number of rotatable bonds is 13. The van der Waals surface area contributed by atoms with E-state index >= 15 is 0 Å². The fourth-order valence-corrected chi connectivity index (χ4v) is 3.06. The number of nitrogens with two attached hydrogens (primary N) is 1. The lowest BCUT2D eigenvalue weighted by Gasteiger charge is -2.30. The molecule has 0 radical (unpaired) electrons. The van der Waals surface area contributed by atoms with Crippen LogP contribution in [0.25, 0.3) is 0 Å². The zero-order chi connectivity index (χ0) is 14.0. The zero-order valence-electron chi connectivity index (χ0n) is 13.0. The van der Waals surface area contributed by atoms with Gasteiger partial charge in [-0.2, -0.15) is 0 Å². The Morgan fingerprint density at radius 2 is 1.58 bits per heavy atom. The molecule has 0 spiro atoms. The fourth-order valence-electron chi connectivity index (χ4n) is 3.06. The van der Waals surface area contributed by atoms with E-state index in [4.69, 9.17) is 5.73 Å². The van der Waals surface area contributed by atoms with Crippen LogP contribution in [0.5, 0.6) is 0 Å². The van der Waals surface area contributed by atoms with Gasteiger partial charge in [-0.05, 0) is 18.8 Å². The summed E-state index contributed by atoms with van der Waals surface area (Å²) in [5.41, 5.74) is 5.98. The summed E-state index contributed by atoms with van der Waals surface area (Å²) in [7, 11) is 0. The predicted molar refractivity (Wildman–Crippen MR) is 83.1 cm³/mol. The molecule has 0 amide bonds. The molecule has 0 bridgehead atoms. The number of unbranched alkanes of at least 4 members (excludes halogenated alkanes) is 7. The molecule has 19 heavy (non-hydrogen) atoms. The van der Waals surface area contributed by atoms with Crippen LogP contribution in [0.2, 0.25) is 0 Å². The summed E-state index contributed by atoms with van der Waals surface area (Å²) >= 11 is 0. The van der Waals surface area contributed by atoms with E-state index in [0.29, 0.717) is 6.54 Å². The molecule has 114 valence electrons. The van der Waals surface area contributed by atoms with Crippen LogP contribution in [0, 0.1) is 11.3 Å². The highest BCUT2D eigenvalue weighted by Gasteiger charge is 2.35. The average molecular weight is 269 g/mol. The van der Waals surface area contributed by atoms with Crippen molar-refractivity contribution in [2.75, 3.05) is 13.2 Å². The molecule has 3 N–H and O–H groups in total. The summed E-state index contributed by atoms with van der Waals surface area (Å²) in [6.45, 7) is 3.22. The molecule has 0 aromatic heterocycles. The summed E-state index contributed by atoms with van der Waals surface area (Å²) < 4.78 is 0. The van der Waals surface area contributed by atoms with Crippen LogP contribution in [0.3, 0.4) is 0 Å². The Bertz CT molecular complexity index is 209. The Morgan fingerprint density at radius 1 is 1.00 bits per heavy atom. The fraction of sp³-hybridized carbons (Fsp3) is 1.00. The van der Waals surface area contributed by atoms with Gasteiger partial charge < -0.3 is 10.8 Å². The first-order valence-corrected chi connectivity index (χ1v) is 8.57. The number of hydrogen-bond donors (Lipinski definition) is 2. The molecule has 1 aliphatic carbocycles. The van der Waals surface area contributed by atoms with Crippen molar-refractivity contribution in [1.29, 1.82) is 0 Å². The summed E-state index contributed by atoms with van der Waals surface area (Å²) in [6, 6.07) is 0. The van der Waals surface area contributed by atoms with Crippen molar-refractivity contribution >= 4 is 0 Å². The van der Waals surface area contributed by atoms with Gasteiger partial charge in [0.25, 0.3) is 0 Å². The number of hydrogen-bond acceptors (Lipinski definition) is 2. The Morgan fingerprint density at radius 3 is 2.05 bits per heavy atom. The van der Waals surface area contributed by atoms with Crippen LogP contribution in [0.1, 0.15) is 84.0 Å². The molecule has 1 rings (SSSR count). The van der Waals surface area contributed by atoms with Crippen molar-refractivity contribution < 1.29 is 5.11 Å². The lowest BCUT2D eigenvalue weighted by atomic mass is 9.78. The summed E-state index contributed by atoms with van der Waals surface area (Å²) in [6.07, 6.45) is 15.9. The zero-order valence-corrected chi connectivity index (χ0v) is 13.0. The molecule has 2 heteroatoms. The first-order valence-electron chi connectivity index (χ1n) is 8.57. The quantitative estimate of drug-likeness (QED) is 0.491. The van der Waals surface area contributed by atoms with Gasteiger partial charge in [-0.15, -0.1) is 0 Å². The average Bonchev–Trinajstić information content (AvgIpc) is 3.24. The molecule has 0 saturated heterocycles. The van der Waals surface area contributed by atoms with E-state index in [1.165, 1.54) is 64.2 Å². The van der Waals surface area contributed by atoms with Crippen LogP contribution in [-0.2, 0) is 0 Å².